The lowest BCUT2D eigenvalue weighted by molar-refractivity contribution is -0.146. The van der Waals surface area contributed by atoms with E-state index in [4.69, 9.17) is 4.74 Å². The van der Waals surface area contributed by atoms with E-state index in [0.717, 1.165) is 31.4 Å². The van der Waals surface area contributed by atoms with Crippen LogP contribution in [-0.2, 0) is 16.0 Å². The Morgan fingerprint density at radius 3 is 2.61 bits per heavy atom. The summed E-state index contributed by atoms with van der Waals surface area (Å²) >= 11 is 0. The molecule has 18 heavy (non-hydrogen) atoms. The minimum Gasteiger partial charge on any atom is -0.469 e. The molecule has 0 aromatic heterocycles. The van der Waals surface area contributed by atoms with Crippen molar-refractivity contribution in [3.8, 4) is 0 Å². The summed E-state index contributed by atoms with van der Waals surface area (Å²) in [7, 11) is 1.43. The van der Waals surface area contributed by atoms with Gasteiger partial charge >= 0.3 is 5.97 Å². The molecule has 3 nitrogen and oxygen atoms in total. The molecule has 98 valence electrons. The fourth-order valence-electron chi connectivity index (χ4n) is 2.03. The molecule has 0 radical (unpaired) electrons. The molecular formula is C14H18FNO2. The quantitative estimate of drug-likeness (QED) is 0.620. The topological polar surface area (TPSA) is 38.3 Å². The number of halogens is 1. The van der Waals surface area contributed by atoms with E-state index in [-0.39, 0.29) is 17.2 Å². The lowest BCUT2D eigenvalue weighted by Gasteiger charge is -2.13. The highest BCUT2D eigenvalue weighted by Crippen LogP contribution is 2.45. The van der Waals surface area contributed by atoms with Crippen LogP contribution in [0.25, 0.3) is 0 Å². The Kier molecular flexibility index (Phi) is 3.97. The first-order valence-corrected chi connectivity index (χ1v) is 6.20. The minimum absolute atomic E-state index is 0.114. The third-order valence-corrected chi connectivity index (χ3v) is 3.44. The molecule has 1 fully saturated rings. The Labute approximate surface area is 106 Å². The van der Waals surface area contributed by atoms with Crippen molar-refractivity contribution in [2.75, 3.05) is 20.2 Å². The zero-order valence-corrected chi connectivity index (χ0v) is 10.5. The van der Waals surface area contributed by atoms with Crippen LogP contribution in [0.1, 0.15) is 18.4 Å². The van der Waals surface area contributed by atoms with E-state index in [1.165, 1.54) is 19.2 Å². The number of nitrogens with one attached hydrogen (secondary N) is 1. The van der Waals surface area contributed by atoms with Crippen molar-refractivity contribution in [2.45, 2.75) is 19.3 Å². The van der Waals surface area contributed by atoms with E-state index in [1.807, 2.05) is 0 Å². The highest BCUT2D eigenvalue weighted by molar-refractivity contribution is 5.80. The molecular weight excluding hydrogens is 233 g/mol. The third-order valence-electron chi connectivity index (χ3n) is 3.44. The number of hydrogen-bond donors (Lipinski definition) is 1. The molecule has 1 aromatic rings. The molecule has 1 aliphatic rings. The van der Waals surface area contributed by atoms with Crippen LogP contribution in [0.4, 0.5) is 4.39 Å². The predicted octanol–water partition coefficient (Wildman–Crippen LogP) is 1.91. The molecule has 1 aliphatic carbocycles. The summed E-state index contributed by atoms with van der Waals surface area (Å²) in [4.78, 5) is 11.5. The normalized spacial score (nSPS) is 16.3. The molecule has 1 aromatic carbocycles. The fraction of sp³-hybridized carbons (Fsp3) is 0.500. The number of ether oxygens (including phenoxy) is 1. The molecule has 1 saturated carbocycles. The van der Waals surface area contributed by atoms with Crippen molar-refractivity contribution in [2.24, 2.45) is 5.41 Å². The highest BCUT2D eigenvalue weighted by Gasteiger charge is 2.50. The Morgan fingerprint density at radius 1 is 1.39 bits per heavy atom. The van der Waals surface area contributed by atoms with Crippen LogP contribution < -0.4 is 5.32 Å². The first kappa shape index (κ1) is 13.0. The summed E-state index contributed by atoms with van der Waals surface area (Å²) < 4.78 is 17.5. The Balaban J connectivity index is 1.70. The molecule has 1 N–H and O–H groups in total. The monoisotopic (exact) mass is 251 g/mol. The number of carbonyl (C=O) groups excluding carboxylic acids is 1. The minimum atomic E-state index is -0.280. The number of hydrogen-bond acceptors (Lipinski definition) is 3. The van der Waals surface area contributed by atoms with Crippen LogP contribution >= 0.6 is 0 Å². The average Bonchev–Trinajstić information content (AvgIpc) is 3.17. The molecule has 0 amide bonds. The zero-order chi connectivity index (χ0) is 13.0. The smallest absolute Gasteiger partial charge is 0.313 e. The van der Waals surface area contributed by atoms with Crippen molar-refractivity contribution in [3.05, 3.63) is 35.6 Å². The van der Waals surface area contributed by atoms with Gasteiger partial charge in [0.05, 0.1) is 12.5 Å². The van der Waals surface area contributed by atoms with Gasteiger partial charge in [0.1, 0.15) is 5.82 Å². The maximum Gasteiger partial charge on any atom is 0.313 e. The zero-order valence-electron chi connectivity index (χ0n) is 10.5. The van der Waals surface area contributed by atoms with Gasteiger partial charge in [0.25, 0.3) is 0 Å². The van der Waals surface area contributed by atoms with Crippen LogP contribution in [0.2, 0.25) is 0 Å². The van der Waals surface area contributed by atoms with Crippen LogP contribution in [0.5, 0.6) is 0 Å². The van der Waals surface area contributed by atoms with E-state index < -0.39 is 0 Å². The van der Waals surface area contributed by atoms with Gasteiger partial charge < -0.3 is 10.1 Å². The van der Waals surface area contributed by atoms with Gasteiger partial charge in [-0.05, 0) is 43.5 Å². The number of carbonyl (C=O) groups is 1. The number of esters is 1. The fourth-order valence-corrected chi connectivity index (χ4v) is 2.03. The van der Waals surface area contributed by atoms with Crippen molar-refractivity contribution in [1.29, 1.82) is 0 Å². The molecule has 0 bridgehead atoms. The molecule has 0 aliphatic heterocycles. The Morgan fingerprint density at radius 2 is 2.06 bits per heavy atom. The predicted molar refractivity (Wildman–Crippen MR) is 66.7 cm³/mol. The van der Waals surface area contributed by atoms with Gasteiger partial charge in [-0.3, -0.25) is 4.79 Å². The second-order valence-corrected chi connectivity index (χ2v) is 4.83. The number of benzene rings is 1. The lowest BCUT2D eigenvalue weighted by atomic mass is 10.1. The van der Waals surface area contributed by atoms with Gasteiger partial charge in [-0.15, -0.1) is 0 Å². The maximum atomic E-state index is 12.7. The largest absolute Gasteiger partial charge is 0.469 e. The Bertz CT molecular complexity index is 412. The van der Waals surface area contributed by atoms with Crippen LogP contribution in [0.3, 0.4) is 0 Å². The summed E-state index contributed by atoms with van der Waals surface area (Å²) in [6.07, 6.45) is 2.64. The second-order valence-electron chi connectivity index (χ2n) is 4.83. The number of rotatable bonds is 6. The Hall–Kier alpha value is -1.42. The molecule has 0 spiro atoms. The molecule has 2 rings (SSSR count). The van der Waals surface area contributed by atoms with Gasteiger partial charge in [0.2, 0.25) is 0 Å². The van der Waals surface area contributed by atoms with Crippen LogP contribution in [-0.4, -0.2) is 26.2 Å². The summed E-state index contributed by atoms with van der Waals surface area (Å²) in [5.74, 6) is -0.328. The van der Waals surface area contributed by atoms with Gasteiger partial charge in [0.15, 0.2) is 0 Å². The molecule has 0 heterocycles. The third kappa shape index (κ3) is 3.07. The van der Waals surface area contributed by atoms with Crippen LogP contribution in [0.15, 0.2) is 24.3 Å². The van der Waals surface area contributed by atoms with E-state index in [2.05, 4.69) is 5.32 Å². The molecule has 4 heteroatoms. The second kappa shape index (κ2) is 5.48. The number of methoxy groups -OCH3 is 1. The van der Waals surface area contributed by atoms with E-state index in [9.17, 15) is 9.18 Å². The van der Waals surface area contributed by atoms with Gasteiger partial charge in [0, 0.05) is 6.54 Å². The first-order valence-electron chi connectivity index (χ1n) is 6.20. The molecule has 0 saturated heterocycles. The van der Waals surface area contributed by atoms with E-state index >= 15 is 0 Å². The summed E-state index contributed by atoms with van der Waals surface area (Å²) in [5, 5.41) is 3.27. The summed E-state index contributed by atoms with van der Waals surface area (Å²) in [5.41, 5.74) is 0.809. The summed E-state index contributed by atoms with van der Waals surface area (Å²) in [6, 6.07) is 6.49. The lowest BCUT2D eigenvalue weighted by Crippen LogP contribution is -2.32. The first-order chi connectivity index (χ1) is 8.66. The van der Waals surface area contributed by atoms with Crippen molar-refractivity contribution >= 4 is 5.97 Å². The van der Waals surface area contributed by atoms with Gasteiger partial charge in [-0.25, -0.2) is 4.39 Å². The van der Waals surface area contributed by atoms with E-state index in [0.29, 0.717) is 6.54 Å². The van der Waals surface area contributed by atoms with Crippen molar-refractivity contribution in [3.63, 3.8) is 0 Å². The molecule has 0 atom stereocenters. The van der Waals surface area contributed by atoms with Gasteiger partial charge in [-0.1, -0.05) is 12.1 Å². The SMILES string of the molecule is COC(=O)C1(CNCCc2ccc(F)cc2)CC1. The summed E-state index contributed by atoms with van der Waals surface area (Å²) in [6.45, 7) is 1.45. The standard InChI is InChI=1S/C14H18FNO2/c1-18-13(17)14(7-8-14)10-16-9-6-11-2-4-12(15)5-3-11/h2-5,16H,6-10H2,1H3. The van der Waals surface area contributed by atoms with Crippen molar-refractivity contribution < 1.29 is 13.9 Å². The molecule has 0 unspecified atom stereocenters. The maximum absolute atomic E-state index is 12.7. The van der Waals surface area contributed by atoms with E-state index in [1.54, 1.807) is 12.1 Å². The van der Waals surface area contributed by atoms with Crippen LogP contribution in [0, 0.1) is 11.2 Å². The average molecular weight is 251 g/mol. The van der Waals surface area contributed by atoms with Crippen molar-refractivity contribution in [1.82, 2.24) is 5.32 Å². The van der Waals surface area contributed by atoms with Gasteiger partial charge in [-0.2, -0.15) is 0 Å². The highest BCUT2D eigenvalue weighted by atomic mass is 19.1.